The molecule has 8 rings (SSSR count). The standard InChI is InChI=1S/C40H27ClF7N3O5/c41-22-7-5-19(6-8-22)38-30(35(54)51(37(38)56)49-24-11-9-23(42)10-12-24)18-29-26(33(38)27-3-1-2-4-31(27)52)13-14-28-32(29)36(55)50(34(28)53)25-16-20(39(43,44)45)15-21(17-25)40(46,47)48/h1-13,15-17,28-30,32-33,49,52H,14,18H2. The topological polar surface area (TPSA) is 107 Å². The van der Waals surface area contributed by atoms with Crippen molar-refractivity contribution in [3.63, 3.8) is 0 Å². The van der Waals surface area contributed by atoms with Crippen molar-refractivity contribution in [2.75, 3.05) is 10.3 Å². The summed E-state index contributed by atoms with van der Waals surface area (Å²) in [5.74, 6) is -10.7. The molecule has 0 spiro atoms. The lowest BCUT2D eigenvalue weighted by atomic mass is 9.49. The molecule has 2 aliphatic carbocycles. The van der Waals surface area contributed by atoms with Crippen LogP contribution in [0, 0.1) is 29.5 Å². The maximum Gasteiger partial charge on any atom is 0.416 e. The summed E-state index contributed by atoms with van der Waals surface area (Å²) in [7, 11) is 0. The number of rotatable bonds is 5. The van der Waals surface area contributed by atoms with Crippen molar-refractivity contribution < 1.29 is 55.0 Å². The van der Waals surface area contributed by atoms with Gasteiger partial charge in [0, 0.05) is 16.5 Å². The molecule has 6 atom stereocenters. The highest BCUT2D eigenvalue weighted by molar-refractivity contribution is 6.30. The number of hydrazine groups is 1. The molecule has 288 valence electrons. The van der Waals surface area contributed by atoms with Gasteiger partial charge in [0.25, 0.3) is 11.8 Å². The molecule has 2 heterocycles. The van der Waals surface area contributed by atoms with Crippen LogP contribution in [0.5, 0.6) is 5.75 Å². The Morgan fingerprint density at radius 3 is 2.00 bits per heavy atom. The molecule has 8 nitrogen and oxygen atoms in total. The number of fused-ring (bicyclic) bond motifs is 4. The molecule has 6 unspecified atom stereocenters. The number of anilines is 2. The molecule has 0 radical (unpaired) electrons. The number of aromatic hydroxyl groups is 1. The Bertz CT molecular complexity index is 2320. The number of carbonyl (C=O) groups excluding carboxylic acids is 4. The van der Waals surface area contributed by atoms with Crippen LogP contribution in [0.4, 0.5) is 42.1 Å². The average Bonchev–Trinajstić information content (AvgIpc) is 3.53. The number of phenols is 1. The van der Waals surface area contributed by atoms with Gasteiger partial charge >= 0.3 is 12.4 Å². The largest absolute Gasteiger partial charge is 0.508 e. The fourth-order valence-electron chi connectivity index (χ4n) is 9.05. The third-order valence-corrected chi connectivity index (χ3v) is 11.6. The van der Waals surface area contributed by atoms with E-state index in [-0.39, 0.29) is 35.9 Å². The van der Waals surface area contributed by atoms with E-state index in [2.05, 4.69) is 5.43 Å². The molecule has 0 aromatic heterocycles. The molecule has 4 aromatic rings. The van der Waals surface area contributed by atoms with Crippen LogP contribution in [0.25, 0.3) is 0 Å². The van der Waals surface area contributed by atoms with E-state index in [4.69, 9.17) is 11.6 Å². The molecule has 4 amide bonds. The van der Waals surface area contributed by atoms with E-state index in [1.807, 2.05) is 0 Å². The molecule has 56 heavy (non-hydrogen) atoms. The molecule has 4 aromatic carbocycles. The van der Waals surface area contributed by atoms with E-state index in [1.165, 1.54) is 42.5 Å². The number of nitrogens with one attached hydrogen (secondary N) is 1. The van der Waals surface area contributed by atoms with Gasteiger partial charge in [-0.15, -0.1) is 0 Å². The van der Waals surface area contributed by atoms with Gasteiger partial charge in [-0.3, -0.25) is 24.6 Å². The first-order valence-corrected chi connectivity index (χ1v) is 17.6. The zero-order valence-corrected chi connectivity index (χ0v) is 29.3. The first-order valence-electron chi connectivity index (χ1n) is 17.2. The van der Waals surface area contributed by atoms with Gasteiger partial charge in [-0.25, -0.2) is 9.29 Å². The van der Waals surface area contributed by atoms with Crippen LogP contribution in [-0.4, -0.2) is 33.7 Å². The first-order chi connectivity index (χ1) is 26.4. The first kappa shape index (κ1) is 37.2. The highest BCUT2D eigenvalue weighted by Gasteiger charge is 2.70. The van der Waals surface area contributed by atoms with Gasteiger partial charge in [0.1, 0.15) is 11.6 Å². The second-order valence-electron chi connectivity index (χ2n) is 14.2. The minimum Gasteiger partial charge on any atom is -0.508 e. The van der Waals surface area contributed by atoms with Gasteiger partial charge in [-0.2, -0.15) is 31.4 Å². The average molecular weight is 798 g/mol. The summed E-state index contributed by atoms with van der Waals surface area (Å²) in [5.41, 5.74) is -2.40. The fourth-order valence-corrected chi connectivity index (χ4v) is 9.18. The zero-order valence-electron chi connectivity index (χ0n) is 28.5. The summed E-state index contributed by atoms with van der Waals surface area (Å²) in [4.78, 5) is 58.6. The van der Waals surface area contributed by atoms with Gasteiger partial charge in [0.2, 0.25) is 11.8 Å². The molecule has 0 bridgehead atoms. The number of phenolic OH excluding ortho intramolecular Hbond substituents is 1. The van der Waals surface area contributed by atoms with E-state index in [9.17, 15) is 50.2 Å². The molecule has 1 saturated carbocycles. The summed E-state index contributed by atoms with van der Waals surface area (Å²) in [6.45, 7) is 0. The van der Waals surface area contributed by atoms with Crippen molar-refractivity contribution >= 4 is 46.6 Å². The molecule has 2 N–H and O–H groups in total. The van der Waals surface area contributed by atoms with Crippen molar-refractivity contribution in [2.45, 2.75) is 36.5 Å². The Hall–Kier alpha value is -5.70. The number of halogens is 8. The Morgan fingerprint density at radius 1 is 0.768 bits per heavy atom. The Balaban J connectivity index is 1.30. The fraction of sp³-hybridized carbons (Fsp3) is 0.250. The van der Waals surface area contributed by atoms with Gasteiger partial charge in [0.05, 0.1) is 45.7 Å². The molecule has 2 saturated heterocycles. The van der Waals surface area contributed by atoms with E-state index in [0.717, 1.165) is 17.1 Å². The van der Waals surface area contributed by atoms with E-state index in [0.29, 0.717) is 33.2 Å². The number of para-hydroxylation sites is 1. The number of allylic oxidation sites excluding steroid dienone is 2. The molecule has 2 aliphatic heterocycles. The van der Waals surface area contributed by atoms with Crippen molar-refractivity contribution in [1.29, 1.82) is 0 Å². The quantitative estimate of drug-likeness (QED) is 0.119. The van der Waals surface area contributed by atoms with Crippen molar-refractivity contribution in [1.82, 2.24) is 5.01 Å². The third-order valence-electron chi connectivity index (χ3n) is 11.3. The zero-order chi connectivity index (χ0) is 40.1. The van der Waals surface area contributed by atoms with Crippen LogP contribution < -0.4 is 10.3 Å². The Kier molecular flexibility index (Phi) is 8.60. The SMILES string of the molecule is O=C1C2CC3C(=CCC4C(=O)N(c5cc(C(F)(F)F)cc(C(F)(F)F)c5)C(=O)C43)C(c3ccccc3O)C2(c2ccc(Cl)cc2)C(=O)N1Nc1ccc(F)cc1. The van der Waals surface area contributed by atoms with E-state index >= 15 is 4.79 Å². The number of hydrogen-bond donors (Lipinski definition) is 2. The Morgan fingerprint density at radius 2 is 1.39 bits per heavy atom. The molecule has 16 heteroatoms. The number of nitrogens with zero attached hydrogens (tertiary/aromatic N) is 2. The molecular weight excluding hydrogens is 771 g/mol. The number of benzene rings is 4. The predicted octanol–water partition coefficient (Wildman–Crippen LogP) is 8.41. The monoisotopic (exact) mass is 797 g/mol. The third kappa shape index (κ3) is 5.65. The maximum absolute atomic E-state index is 15.1. The van der Waals surface area contributed by atoms with Crippen LogP contribution in [0.3, 0.4) is 0 Å². The smallest absolute Gasteiger partial charge is 0.416 e. The molecule has 3 fully saturated rings. The number of alkyl halides is 6. The summed E-state index contributed by atoms with van der Waals surface area (Å²) < 4.78 is 97.1. The number of hydrogen-bond acceptors (Lipinski definition) is 6. The van der Waals surface area contributed by atoms with Crippen LogP contribution >= 0.6 is 11.6 Å². The predicted molar refractivity (Wildman–Crippen MR) is 186 cm³/mol. The van der Waals surface area contributed by atoms with Crippen LogP contribution in [0.1, 0.15) is 41.0 Å². The maximum atomic E-state index is 15.1. The van der Waals surface area contributed by atoms with Gasteiger partial charge in [0.15, 0.2) is 0 Å². The number of imide groups is 2. The van der Waals surface area contributed by atoms with Gasteiger partial charge < -0.3 is 5.11 Å². The second-order valence-corrected chi connectivity index (χ2v) is 14.6. The summed E-state index contributed by atoms with van der Waals surface area (Å²) in [6, 6.07) is 17.5. The normalized spacial score (nSPS) is 26.2. The summed E-state index contributed by atoms with van der Waals surface area (Å²) in [5, 5.41) is 12.5. The van der Waals surface area contributed by atoms with Crippen LogP contribution in [0.2, 0.25) is 5.02 Å². The van der Waals surface area contributed by atoms with Gasteiger partial charge in [-0.1, -0.05) is 53.6 Å². The minimum atomic E-state index is -5.26. The van der Waals surface area contributed by atoms with E-state index < -0.39 is 93.6 Å². The summed E-state index contributed by atoms with van der Waals surface area (Å²) in [6.07, 6.45) is -9.38. The molecular formula is C40H27ClF7N3O5. The second kappa shape index (κ2) is 12.9. The van der Waals surface area contributed by atoms with Gasteiger partial charge in [-0.05, 0) is 85.0 Å². The Labute approximate surface area is 318 Å². The lowest BCUT2D eigenvalue weighted by Crippen LogP contribution is -2.53. The van der Waals surface area contributed by atoms with Crippen molar-refractivity contribution in [3.8, 4) is 5.75 Å². The summed E-state index contributed by atoms with van der Waals surface area (Å²) >= 11 is 6.26. The van der Waals surface area contributed by atoms with E-state index in [1.54, 1.807) is 24.3 Å². The highest BCUT2D eigenvalue weighted by atomic mass is 35.5. The lowest BCUT2D eigenvalue weighted by molar-refractivity contribution is -0.143. The van der Waals surface area contributed by atoms with Crippen LogP contribution in [-0.2, 0) is 36.9 Å². The molecule has 4 aliphatic rings. The highest BCUT2D eigenvalue weighted by Crippen LogP contribution is 2.65. The van der Waals surface area contributed by atoms with Crippen molar-refractivity contribution in [2.24, 2.45) is 23.7 Å². The van der Waals surface area contributed by atoms with Crippen LogP contribution in [0.15, 0.2) is 103 Å². The number of amides is 4. The lowest BCUT2D eigenvalue weighted by Gasteiger charge is -2.50. The minimum absolute atomic E-state index is 0.107. The number of carbonyl (C=O) groups is 4. The van der Waals surface area contributed by atoms with Crippen molar-refractivity contribution in [3.05, 3.63) is 136 Å².